The predicted octanol–water partition coefficient (Wildman–Crippen LogP) is 3.06. The van der Waals surface area contributed by atoms with E-state index in [-0.39, 0.29) is 5.41 Å². The van der Waals surface area contributed by atoms with E-state index >= 15 is 0 Å². The maximum absolute atomic E-state index is 10.4. The highest BCUT2D eigenvalue weighted by molar-refractivity contribution is 5.31. The van der Waals surface area contributed by atoms with E-state index in [9.17, 15) is 5.11 Å². The molecule has 0 saturated heterocycles. The van der Waals surface area contributed by atoms with Gasteiger partial charge in [0, 0.05) is 5.41 Å². The Morgan fingerprint density at radius 1 is 1.36 bits per heavy atom. The van der Waals surface area contributed by atoms with Crippen molar-refractivity contribution >= 4 is 0 Å². The fraction of sp³-hybridized carbons (Fsp3) is 0.692. The Balaban J connectivity index is 2.40. The van der Waals surface area contributed by atoms with Crippen molar-refractivity contribution in [3.63, 3.8) is 0 Å². The lowest BCUT2D eigenvalue weighted by Gasteiger charge is -2.50. The summed E-state index contributed by atoms with van der Waals surface area (Å²) < 4.78 is 0. The molecule has 0 spiro atoms. The number of hydrogen-bond donors (Lipinski definition) is 1. The van der Waals surface area contributed by atoms with E-state index < -0.39 is 5.60 Å². The van der Waals surface area contributed by atoms with Crippen molar-refractivity contribution in [3.8, 4) is 0 Å². The van der Waals surface area contributed by atoms with Crippen molar-refractivity contribution in [2.24, 2.45) is 11.3 Å². The molecule has 78 valence electrons. The highest BCUT2D eigenvalue weighted by Gasteiger charge is 2.47. The molecule has 0 amide bonds. The minimum atomic E-state index is -0.541. The van der Waals surface area contributed by atoms with Gasteiger partial charge in [0.05, 0.1) is 5.60 Å². The second-order valence-electron chi connectivity index (χ2n) is 5.42. The SMILES string of the molecule is CC1(O)CCC2CC=CC=C2C1(C)C. The van der Waals surface area contributed by atoms with Crippen LogP contribution in [0.25, 0.3) is 0 Å². The summed E-state index contributed by atoms with van der Waals surface area (Å²) in [6.45, 7) is 6.32. The average Bonchev–Trinajstić information content (AvgIpc) is 2.13. The van der Waals surface area contributed by atoms with Gasteiger partial charge < -0.3 is 5.11 Å². The highest BCUT2D eigenvalue weighted by Crippen LogP contribution is 2.51. The third-order valence-electron chi connectivity index (χ3n) is 4.32. The molecule has 2 rings (SSSR count). The van der Waals surface area contributed by atoms with Crippen molar-refractivity contribution in [1.82, 2.24) is 0 Å². The summed E-state index contributed by atoms with van der Waals surface area (Å²) in [4.78, 5) is 0. The normalized spacial score (nSPS) is 40.3. The molecule has 2 atom stereocenters. The molecule has 0 aromatic heterocycles. The molecule has 1 heteroatoms. The van der Waals surface area contributed by atoms with Gasteiger partial charge in [0.1, 0.15) is 0 Å². The molecule has 0 aromatic rings. The van der Waals surface area contributed by atoms with Crippen molar-refractivity contribution < 1.29 is 5.11 Å². The van der Waals surface area contributed by atoms with Gasteiger partial charge in [-0.25, -0.2) is 0 Å². The molecular weight excluding hydrogens is 172 g/mol. The monoisotopic (exact) mass is 192 g/mol. The third-order valence-corrected chi connectivity index (χ3v) is 4.32. The quantitative estimate of drug-likeness (QED) is 0.625. The zero-order valence-electron chi connectivity index (χ0n) is 9.38. The number of hydrogen-bond acceptors (Lipinski definition) is 1. The lowest BCUT2D eigenvalue weighted by molar-refractivity contribution is -0.0629. The van der Waals surface area contributed by atoms with E-state index in [1.807, 2.05) is 6.92 Å². The van der Waals surface area contributed by atoms with E-state index in [1.165, 1.54) is 5.57 Å². The van der Waals surface area contributed by atoms with Crippen LogP contribution in [0.15, 0.2) is 23.8 Å². The number of rotatable bonds is 0. The van der Waals surface area contributed by atoms with Crippen LogP contribution in [0.2, 0.25) is 0 Å². The van der Waals surface area contributed by atoms with Crippen LogP contribution in [0.5, 0.6) is 0 Å². The van der Waals surface area contributed by atoms with Gasteiger partial charge in [-0.2, -0.15) is 0 Å². The van der Waals surface area contributed by atoms with Crippen LogP contribution in [-0.4, -0.2) is 10.7 Å². The maximum atomic E-state index is 10.4. The minimum absolute atomic E-state index is 0.0688. The molecule has 2 aliphatic rings. The Morgan fingerprint density at radius 3 is 2.79 bits per heavy atom. The molecule has 1 nitrogen and oxygen atoms in total. The van der Waals surface area contributed by atoms with Gasteiger partial charge in [0.15, 0.2) is 0 Å². The summed E-state index contributed by atoms with van der Waals surface area (Å²) in [6, 6.07) is 0. The molecule has 0 heterocycles. The number of aliphatic hydroxyl groups is 1. The van der Waals surface area contributed by atoms with Gasteiger partial charge in [-0.1, -0.05) is 37.6 Å². The van der Waals surface area contributed by atoms with Gasteiger partial charge >= 0.3 is 0 Å². The van der Waals surface area contributed by atoms with Gasteiger partial charge in [-0.15, -0.1) is 0 Å². The summed E-state index contributed by atoms with van der Waals surface area (Å²) in [6.07, 6.45) is 9.80. The lowest BCUT2D eigenvalue weighted by atomic mass is 9.58. The molecular formula is C13H20O. The van der Waals surface area contributed by atoms with Gasteiger partial charge in [0.2, 0.25) is 0 Å². The van der Waals surface area contributed by atoms with Crippen LogP contribution >= 0.6 is 0 Å². The fourth-order valence-corrected chi connectivity index (χ4v) is 2.75. The Morgan fingerprint density at radius 2 is 2.07 bits per heavy atom. The molecule has 0 bridgehead atoms. The fourth-order valence-electron chi connectivity index (χ4n) is 2.75. The van der Waals surface area contributed by atoms with Crippen molar-refractivity contribution in [1.29, 1.82) is 0 Å². The van der Waals surface area contributed by atoms with Crippen LogP contribution in [0.4, 0.5) is 0 Å². The topological polar surface area (TPSA) is 20.2 Å². The molecule has 1 saturated carbocycles. The predicted molar refractivity (Wildman–Crippen MR) is 59.0 cm³/mol. The van der Waals surface area contributed by atoms with Gasteiger partial charge in [-0.3, -0.25) is 0 Å². The average molecular weight is 192 g/mol. The first-order valence-corrected chi connectivity index (χ1v) is 5.55. The summed E-state index contributed by atoms with van der Waals surface area (Å²) in [5.74, 6) is 0.676. The minimum Gasteiger partial charge on any atom is -0.389 e. The summed E-state index contributed by atoms with van der Waals surface area (Å²) in [5.41, 5.74) is 0.831. The Labute approximate surface area is 86.5 Å². The van der Waals surface area contributed by atoms with Crippen molar-refractivity contribution in [2.75, 3.05) is 0 Å². The highest BCUT2D eigenvalue weighted by atomic mass is 16.3. The van der Waals surface area contributed by atoms with Crippen molar-refractivity contribution in [3.05, 3.63) is 23.8 Å². The van der Waals surface area contributed by atoms with Crippen LogP contribution in [-0.2, 0) is 0 Å². The van der Waals surface area contributed by atoms with E-state index in [1.54, 1.807) is 0 Å². The molecule has 1 N–H and O–H groups in total. The van der Waals surface area contributed by atoms with E-state index in [4.69, 9.17) is 0 Å². The van der Waals surface area contributed by atoms with Crippen LogP contribution < -0.4 is 0 Å². The third kappa shape index (κ3) is 1.26. The lowest BCUT2D eigenvalue weighted by Crippen LogP contribution is -2.48. The van der Waals surface area contributed by atoms with Gasteiger partial charge in [-0.05, 0) is 32.1 Å². The van der Waals surface area contributed by atoms with Crippen LogP contribution in [0, 0.1) is 11.3 Å². The zero-order chi connectivity index (χ0) is 10.4. The second kappa shape index (κ2) is 2.96. The summed E-state index contributed by atoms with van der Waals surface area (Å²) >= 11 is 0. The Bertz CT molecular complexity index is 294. The molecule has 2 unspecified atom stereocenters. The molecule has 1 fully saturated rings. The Kier molecular flexibility index (Phi) is 2.11. The van der Waals surface area contributed by atoms with Crippen molar-refractivity contribution in [2.45, 2.75) is 45.6 Å². The molecule has 0 aromatic carbocycles. The van der Waals surface area contributed by atoms with Gasteiger partial charge in [0.25, 0.3) is 0 Å². The summed E-state index contributed by atoms with van der Waals surface area (Å²) in [5, 5.41) is 10.4. The first-order valence-electron chi connectivity index (χ1n) is 5.55. The maximum Gasteiger partial charge on any atom is 0.0707 e. The van der Waals surface area contributed by atoms with E-state index in [0.29, 0.717) is 5.92 Å². The van der Waals surface area contributed by atoms with E-state index in [0.717, 1.165) is 19.3 Å². The number of fused-ring (bicyclic) bond motifs is 1. The molecule has 0 radical (unpaired) electrons. The summed E-state index contributed by atoms with van der Waals surface area (Å²) in [7, 11) is 0. The molecule has 0 aliphatic heterocycles. The molecule has 2 aliphatic carbocycles. The smallest absolute Gasteiger partial charge is 0.0707 e. The first kappa shape index (κ1) is 9.97. The number of allylic oxidation sites excluding steroid dienone is 3. The standard InChI is InChI=1S/C13H20O/c1-12(2)11-7-5-4-6-10(11)8-9-13(12,3)14/h4-5,7,10,14H,6,8-9H2,1-3H3. The Hall–Kier alpha value is -0.560. The van der Waals surface area contributed by atoms with Crippen LogP contribution in [0.3, 0.4) is 0 Å². The zero-order valence-corrected chi connectivity index (χ0v) is 9.38. The first-order chi connectivity index (χ1) is 6.45. The largest absolute Gasteiger partial charge is 0.389 e. The molecule has 14 heavy (non-hydrogen) atoms. The second-order valence-corrected chi connectivity index (χ2v) is 5.42. The van der Waals surface area contributed by atoms with Crippen LogP contribution in [0.1, 0.15) is 40.0 Å². The van der Waals surface area contributed by atoms with E-state index in [2.05, 4.69) is 32.1 Å².